The molecule has 1 aromatic rings. The number of hydrogen-bond donors (Lipinski definition) is 0. The van der Waals surface area contributed by atoms with Gasteiger partial charge in [-0.1, -0.05) is 11.3 Å². The van der Waals surface area contributed by atoms with Gasteiger partial charge in [0.25, 0.3) is 0 Å². The first-order chi connectivity index (χ1) is 6.18. The lowest BCUT2D eigenvalue weighted by Gasteiger charge is -1.99. The Hall–Kier alpha value is -1.23. The van der Waals surface area contributed by atoms with Gasteiger partial charge in [0.1, 0.15) is 6.29 Å². The van der Waals surface area contributed by atoms with Crippen molar-refractivity contribution in [1.82, 2.24) is 0 Å². The minimum Gasteiger partial charge on any atom is -0.302 e. The van der Waals surface area contributed by atoms with Gasteiger partial charge in [-0.15, -0.1) is 0 Å². The second-order valence-electron chi connectivity index (χ2n) is 3.17. The average Bonchev–Trinajstić information content (AvgIpc) is 2.75. The second-order valence-corrected chi connectivity index (χ2v) is 4.23. The van der Waals surface area contributed by atoms with Crippen LogP contribution in [0.4, 0.5) is 5.00 Å². The summed E-state index contributed by atoms with van der Waals surface area (Å²) in [7, 11) is 0. The molecule has 1 aliphatic rings. The SMILES string of the molecule is O=CC1(c2ccc([N+](=O)[O-])s2)CC1. The van der Waals surface area contributed by atoms with E-state index >= 15 is 0 Å². The van der Waals surface area contributed by atoms with Crippen molar-refractivity contribution < 1.29 is 9.72 Å². The maximum absolute atomic E-state index is 10.7. The normalized spacial score (nSPS) is 18.2. The Labute approximate surface area is 78.3 Å². The van der Waals surface area contributed by atoms with E-state index in [1.807, 2.05) is 0 Å². The zero-order chi connectivity index (χ0) is 9.47. The summed E-state index contributed by atoms with van der Waals surface area (Å²) in [5, 5.41) is 10.5. The van der Waals surface area contributed by atoms with E-state index in [2.05, 4.69) is 0 Å². The second kappa shape index (κ2) is 2.63. The van der Waals surface area contributed by atoms with E-state index in [1.54, 1.807) is 6.07 Å². The van der Waals surface area contributed by atoms with Gasteiger partial charge in [-0.2, -0.15) is 0 Å². The molecule has 1 aromatic heterocycles. The first kappa shape index (κ1) is 8.37. The molecule has 68 valence electrons. The number of aldehydes is 1. The number of carbonyl (C=O) groups is 1. The van der Waals surface area contributed by atoms with Crippen molar-refractivity contribution in [3.63, 3.8) is 0 Å². The Bertz CT molecular complexity index is 367. The summed E-state index contributed by atoms with van der Waals surface area (Å²) in [5.74, 6) is 0. The molecule has 0 N–H and O–H groups in total. The fourth-order valence-electron chi connectivity index (χ4n) is 1.25. The lowest BCUT2D eigenvalue weighted by Crippen LogP contribution is -2.04. The van der Waals surface area contributed by atoms with Crippen LogP contribution >= 0.6 is 11.3 Å². The molecular weight excluding hydrogens is 190 g/mol. The smallest absolute Gasteiger partial charge is 0.302 e. The summed E-state index contributed by atoms with van der Waals surface area (Å²) in [5.41, 5.74) is -0.376. The first-order valence-corrected chi connectivity index (χ1v) is 4.71. The molecule has 0 aromatic carbocycles. The van der Waals surface area contributed by atoms with E-state index in [9.17, 15) is 14.9 Å². The summed E-state index contributed by atoms with van der Waals surface area (Å²) < 4.78 is 0. The fraction of sp³-hybridized carbons (Fsp3) is 0.375. The molecule has 4 nitrogen and oxygen atoms in total. The number of carbonyl (C=O) groups excluding carboxylic acids is 1. The molecule has 0 amide bonds. The zero-order valence-corrected chi connectivity index (χ0v) is 7.54. The van der Waals surface area contributed by atoms with Gasteiger partial charge < -0.3 is 4.79 Å². The molecule has 0 bridgehead atoms. The summed E-state index contributed by atoms with van der Waals surface area (Å²) in [6.45, 7) is 0. The molecular formula is C8H7NO3S. The van der Waals surface area contributed by atoms with Gasteiger partial charge in [-0.3, -0.25) is 10.1 Å². The van der Waals surface area contributed by atoms with Gasteiger partial charge >= 0.3 is 5.00 Å². The number of nitro groups is 1. The minimum absolute atomic E-state index is 0.114. The van der Waals surface area contributed by atoms with Crippen molar-refractivity contribution in [1.29, 1.82) is 0 Å². The third-order valence-electron chi connectivity index (χ3n) is 2.28. The van der Waals surface area contributed by atoms with Crippen molar-refractivity contribution in [3.8, 4) is 0 Å². The largest absolute Gasteiger partial charge is 0.324 e. The van der Waals surface area contributed by atoms with Crippen molar-refractivity contribution >= 4 is 22.6 Å². The average molecular weight is 197 g/mol. The van der Waals surface area contributed by atoms with Crippen LogP contribution in [0.2, 0.25) is 0 Å². The van der Waals surface area contributed by atoms with Crippen molar-refractivity contribution in [2.45, 2.75) is 18.3 Å². The lowest BCUT2D eigenvalue weighted by atomic mass is 10.1. The number of hydrogen-bond acceptors (Lipinski definition) is 4. The fourth-order valence-corrected chi connectivity index (χ4v) is 2.28. The van der Waals surface area contributed by atoms with Crippen LogP contribution in [-0.4, -0.2) is 11.2 Å². The van der Waals surface area contributed by atoms with Crippen LogP contribution in [0.1, 0.15) is 17.7 Å². The van der Waals surface area contributed by atoms with Gasteiger partial charge in [-0.05, 0) is 18.9 Å². The summed E-state index contributed by atoms with van der Waals surface area (Å²) >= 11 is 1.10. The highest BCUT2D eigenvalue weighted by molar-refractivity contribution is 7.15. The molecule has 0 aliphatic heterocycles. The van der Waals surface area contributed by atoms with Crippen molar-refractivity contribution in [2.24, 2.45) is 0 Å². The Morgan fingerprint density at radius 2 is 2.23 bits per heavy atom. The third-order valence-corrected chi connectivity index (χ3v) is 3.53. The molecule has 0 spiro atoms. The molecule has 1 heterocycles. The summed E-state index contributed by atoms with van der Waals surface area (Å²) in [6, 6.07) is 3.15. The van der Waals surface area contributed by atoms with E-state index in [1.165, 1.54) is 6.07 Å². The molecule has 0 unspecified atom stereocenters. The number of rotatable bonds is 3. The number of nitrogens with zero attached hydrogens (tertiary/aromatic N) is 1. The van der Waals surface area contributed by atoms with E-state index in [-0.39, 0.29) is 10.4 Å². The molecule has 0 atom stereocenters. The predicted molar refractivity (Wildman–Crippen MR) is 47.9 cm³/mol. The van der Waals surface area contributed by atoms with Crippen molar-refractivity contribution in [2.75, 3.05) is 0 Å². The van der Waals surface area contributed by atoms with Crippen molar-refractivity contribution in [3.05, 3.63) is 27.1 Å². The van der Waals surface area contributed by atoms with Crippen LogP contribution in [0.15, 0.2) is 12.1 Å². The van der Waals surface area contributed by atoms with Crippen LogP contribution in [0.25, 0.3) is 0 Å². The predicted octanol–water partition coefficient (Wildman–Crippen LogP) is 1.89. The molecule has 0 radical (unpaired) electrons. The van der Waals surface area contributed by atoms with Crippen LogP contribution in [0.5, 0.6) is 0 Å². The lowest BCUT2D eigenvalue weighted by molar-refractivity contribution is -0.380. The molecule has 5 heteroatoms. The Kier molecular flexibility index (Phi) is 1.69. The maximum Gasteiger partial charge on any atom is 0.324 e. The quantitative estimate of drug-likeness (QED) is 0.422. The molecule has 13 heavy (non-hydrogen) atoms. The van der Waals surface area contributed by atoms with Gasteiger partial charge in [-0.25, -0.2) is 0 Å². The molecule has 0 saturated heterocycles. The van der Waals surface area contributed by atoms with E-state index in [0.29, 0.717) is 0 Å². The van der Waals surface area contributed by atoms with Gasteiger partial charge in [0.2, 0.25) is 0 Å². The highest BCUT2D eigenvalue weighted by Crippen LogP contribution is 2.49. The van der Waals surface area contributed by atoms with Gasteiger partial charge in [0, 0.05) is 10.9 Å². The topological polar surface area (TPSA) is 60.2 Å². The van der Waals surface area contributed by atoms with E-state index in [4.69, 9.17) is 0 Å². The standard InChI is InChI=1S/C8H7NO3S/c10-5-8(3-4-8)6-1-2-7(13-6)9(11)12/h1-2,5H,3-4H2. The van der Waals surface area contributed by atoms with E-state index in [0.717, 1.165) is 35.3 Å². The Morgan fingerprint density at radius 1 is 1.54 bits per heavy atom. The monoisotopic (exact) mass is 197 g/mol. The van der Waals surface area contributed by atoms with Crippen LogP contribution in [0, 0.1) is 10.1 Å². The first-order valence-electron chi connectivity index (χ1n) is 3.89. The molecule has 1 fully saturated rings. The van der Waals surface area contributed by atoms with Crippen LogP contribution in [0.3, 0.4) is 0 Å². The summed E-state index contributed by atoms with van der Waals surface area (Å²) in [4.78, 5) is 21.5. The molecule has 1 aliphatic carbocycles. The maximum atomic E-state index is 10.7. The summed E-state index contributed by atoms with van der Waals surface area (Å²) in [6.07, 6.45) is 2.56. The van der Waals surface area contributed by atoms with Gasteiger partial charge in [0.15, 0.2) is 0 Å². The highest BCUT2D eigenvalue weighted by Gasteiger charge is 2.46. The van der Waals surface area contributed by atoms with Gasteiger partial charge in [0.05, 0.1) is 10.3 Å². The van der Waals surface area contributed by atoms with E-state index < -0.39 is 4.92 Å². The van der Waals surface area contributed by atoms with Crippen LogP contribution in [-0.2, 0) is 10.2 Å². The zero-order valence-electron chi connectivity index (χ0n) is 6.73. The Balaban J connectivity index is 2.32. The third kappa shape index (κ3) is 1.25. The van der Waals surface area contributed by atoms with Crippen LogP contribution < -0.4 is 0 Å². The molecule has 2 rings (SSSR count). The number of thiophene rings is 1. The Morgan fingerprint density at radius 3 is 2.62 bits per heavy atom. The highest BCUT2D eigenvalue weighted by atomic mass is 32.1. The minimum atomic E-state index is -0.422. The molecule has 1 saturated carbocycles.